The van der Waals surface area contributed by atoms with Crippen LogP contribution in [0.5, 0.6) is 5.75 Å². The van der Waals surface area contributed by atoms with Gasteiger partial charge < -0.3 is 10.1 Å². The topological polar surface area (TPSA) is 81.2 Å². The van der Waals surface area contributed by atoms with Gasteiger partial charge in [0, 0.05) is 12.8 Å². The fraction of sp³-hybridized carbons (Fsp3) is 0.286. The Morgan fingerprint density at radius 2 is 2.05 bits per heavy atom. The number of sulfone groups is 1. The largest absolute Gasteiger partial charge is 0.487 e. The molecule has 1 N–H and O–H groups in total. The highest BCUT2D eigenvalue weighted by molar-refractivity contribution is 7.90. The first kappa shape index (κ1) is 15.2. The molecule has 1 aromatic carbocycles. The van der Waals surface area contributed by atoms with Crippen LogP contribution in [0.4, 0.5) is 5.82 Å². The number of hydrogen-bond donors (Lipinski definition) is 1. The minimum Gasteiger partial charge on any atom is -0.487 e. The van der Waals surface area contributed by atoms with Gasteiger partial charge in [0.1, 0.15) is 18.2 Å². The van der Waals surface area contributed by atoms with Gasteiger partial charge in [0.2, 0.25) is 0 Å². The van der Waals surface area contributed by atoms with E-state index >= 15 is 0 Å². The average molecular weight is 307 g/mol. The molecule has 2 rings (SSSR count). The predicted octanol–water partition coefficient (Wildman–Crippen LogP) is 1.89. The molecule has 112 valence electrons. The summed E-state index contributed by atoms with van der Waals surface area (Å²) in [5.74, 6) is 1.19. The Morgan fingerprint density at radius 1 is 1.24 bits per heavy atom. The highest BCUT2D eigenvalue weighted by Crippen LogP contribution is 2.18. The monoisotopic (exact) mass is 307 g/mol. The van der Waals surface area contributed by atoms with Gasteiger partial charge in [-0.05, 0) is 25.1 Å². The van der Waals surface area contributed by atoms with Gasteiger partial charge in [-0.25, -0.2) is 13.4 Å². The summed E-state index contributed by atoms with van der Waals surface area (Å²) in [5.41, 5.74) is 0.668. The molecule has 0 unspecified atom stereocenters. The maximum Gasteiger partial charge on any atom is 0.175 e. The summed E-state index contributed by atoms with van der Waals surface area (Å²) >= 11 is 0. The molecule has 6 nitrogen and oxygen atoms in total. The summed E-state index contributed by atoms with van der Waals surface area (Å²) in [7, 11) is -3.24. The van der Waals surface area contributed by atoms with E-state index in [0.29, 0.717) is 17.3 Å². The fourth-order valence-electron chi connectivity index (χ4n) is 1.65. The second-order valence-electron chi connectivity index (χ2n) is 4.46. The number of ether oxygens (including phenoxy) is 1. The molecule has 0 saturated carbocycles. The van der Waals surface area contributed by atoms with Crippen molar-refractivity contribution in [2.24, 2.45) is 0 Å². The van der Waals surface area contributed by atoms with Gasteiger partial charge >= 0.3 is 0 Å². The van der Waals surface area contributed by atoms with E-state index in [1.807, 2.05) is 6.92 Å². The van der Waals surface area contributed by atoms with Crippen LogP contribution >= 0.6 is 0 Å². The Hall–Kier alpha value is -2.15. The standard InChI is InChI=1S/C14H17N3O3S/c1-3-15-14-9-16-11(8-17-14)10-20-12-5-4-6-13(7-12)21(2,18)19/h4-9H,3,10H2,1-2H3,(H,15,17). The zero-order valence-corrected chi connectivity index (χ0v) is 12.7. The number of nitrogens with one attached hydrogen (secondary N) is 1. The molecule has 7 heteroatoms. The first-order valence-corrected chi connectivity index (χ1v) is 8.36. The van der Waals surface area contributed by atoms with E-state index in [2.05, 4.69) is 15.3 Å². The molecule has 0 saturated heterocycles. The van der Waals surface area contributed by atoms with Crippen LogP contribution in [-0.4, -0.2) is 31.2 Å². The van der Waals surface area contributed by atoms with Crippen LogP contribution in [-0.2, 0) is 16.4 Å². The van der Waals surface area contributed by atoms with E-state index in [1.165, 1.54) is 12.1 Å². The predicted molar refractivity (Wildman–Crippen MR) is 80.1 cm³/mol. The summed E-state index contributed by atoms with van der Waals surface area (Å²) < 4.78 is 28.5. The molecule has 0 aliphatic carbocycles. The number of rotatable bonds is 6. The van der Waals surface area contributed by atoms with Crippen LogP contribution in [0.3, 0.4) is 0 Å². The number of hydrogen-bond acceptors (Lipinski definition) is 6. The third-order valence-corrected chi connectivity index (χ3v) is 3.79. The lowest BCUT2D eigenvalue weighted by atomic mass is 10.3. The van der Waals surface area contributed by atoms with Crippen molar-refractivity contribution in [2.45, 2.75) is 18.4 Å². The molecule has 0 aliphatic rings. The van der Waals surface area contributed by atoms with Gasteiger partial charge in [0.05, 0.1) is 23.0 Å². The van der Waals surface area contributed by atoms with E-state index in [1.54, 1.807) is 24.5 Å². The first-order valence-electron chi connectivity index (χ1n) is 6.47. The van der Waals surface area contributed by atoms with Gasteiger partial charge in [-0.1, -0.05) is 6.07 Å². The second-order valence-corrected chi connectivity index (χ2v) is 6.47. The molecule has 0 bridgehead atoms. The minimum absolute atomic E-state index is 0.229. The Bertz CT molecular complexity index is 700. The molecule has 0 fully saturated rings. The average Bonchev–Trinajstić information content (AvgIpc) is 2.46. The normalized spacial score (nSPS) is 11.1. The molecular weight excluding hydrogens is 290 g/mol. The summed E-state index contributed by atoms with van der Waals surface area (Å²) in [6, 6.07) is 6.38. The molecule has 0 radical (unpaired) electrons. The highest BCUT2D eigenvalue weighted by Gasteiger charge is 2.08. The molecule has 2 aromatic rings. The number of anilines is 1. The Balaban J connectivity index is 2.03. The molecule has 0 spiro atoms. The summed E-state index contributed by atoms with van der Waals surface area (Å²) in [6.07, 6.45) is 4.42. The number of benzene rings is 1. The molecule has 0 atom stereocenters. The van der Waals surface area contributed by atoms with Crippen LogP contribution in [0.1, 0.15) is 12.6 Å². The van der Waals surface area contributed by atoms with Crippen LogP contribution < -0.4 is 10.1 Å². The van der Waals surface area contributed by atoms with Gasteiger partial charge in [-0.15, -0.1) is 0 Å². The summed E-state index contributed by atoms with van der Waals surface area (Å²) in [6.45, 7) is 2.99. The molecule has 0 amide bonds. The van der Waals surface area contributed by atoms with Crippen LogP contribution in [0.2, 0.25) is 0 Å². The van der Waals surface area contributed by atoms with E-state index in [-0.39, 0.29) is 11.5 Å². The van der Waals surface area contributed by atoms with Gasteiger partial charge in [0.15, 0.2) is 9.84 Å². The molecule has 0 aliphatic heterocycles. The molecule has 1 aromatic heterocycles. The van der Waals surface area contributed by atoms with E-state index in [4.69, 9.17) is 4.74 Å². The zero-order valence-electron chi connectivity index (χ0n) is 11.9. The van der Waals surface area contributed by atoms with Crippen molar-refractivity contribution in [3.05, 3.63) is 42.4 Å². The molecular formula is C14H17N3O3S. The van der Waals surface area contributed by atoms with E-state index < -0.39 is 9.84 Å². The minimum atomic E-state index is -3.24. The third-order valence-electron chi connectivity index (χ3n) is 2.68. The summed E-state index contributed by atoms with van der Waals surface area (Å²) in [5, 5.41) is 3.05. The Kier molecular flexibility index (Phi) is 4.74. The summed E-state index contributed by atoms with van der Waals surface area (Å²) in [4.78, 5) is 8.63. The molecule has 1 heterocycles. The lowest BCUT2D eigenvalue weighted by molar-refractivity contribution is 0.300. The van der Waals surface area contributed by atoms with Gasteiger partial charge in [0.25, 0.3) is 0 Å². The van der Waals surface area contributed by atoms with Crippen molar-refractivity contribution in [3.63, 3.8) is 0 Å². The van der Waals surface area contributed by atoms with Crippen LogP contribution in [0, 0.1) is 0 Å². The second kappa shape index (κ2) is 6.53. The zero-order chi connectivity index (χ0) is 15.3. The van der Waals surface area contributed by atoms with Crippen molar-refractivity contribution in [3.8, 4) is 5.75 Å². The van der Waals surface area contributed by atoms with Crippen molar-refractivity contribution in [2.75, 3.05) is 18.1 Å². The van der Waals surface area contributed by atoms with Gasteiger partial charge in [-0.2, -0.15) is 0 Å². The lowest BCUT2D eigenvalue weighted by Crippen LogP contribution is -2.04. The van der Waals surface area contributed by atoms with Crippen LogP contribution in [0.15, 0.2) is 41.6 Å². The lowest BCUT2D eigenvalue weighted by Gasteiger charge is -2.07. The number of aromatic nitrogens is 2. The SMILES string of the molecule is CCNc1cnc(COc2cccc(S(C)(=O)=O)c2)cn1. The fourth-order valence-corrected chi connectivity index (χ4v) is 2.31. The van der Waals surface area contributed by atoms with E-state index in [0.717, 1.165) is 12.8 Å². The molecule has 21 heavy (non-hydrogen) atoms. The van der Waals surface area contributed by atoms with Crippen molar-refractivity contribution < 1.29 is 13.2 Å². The Labute approximate surface area is 124 Å². The van der Waals surface area contributed by atoms with Crippen molar-refractivity contribution in [1.82, 2.24) is 9.97 Å². The maximum absolute atomic E-state index is 11.5. The van der Waals surface area contributed by atoms with Crippen molar-refractivity contribution in [1.29, 1.82) is 0 Å². The quantitative estimate of drug-likeness (QED) is 0.877. The van der Waals surface area contributed by atoms with E-state index in [9.17, 15) is 8.42 Å². The van der Waals surface area contributed by atoms with Crippen LogP contribution in [0.25, 0.3) is 0 Å². The number of nitrogens with zero attached hydrogens (tertiary/aromatic N) is 2. The highest BCUT2D eigenvalue weighted by atomic mass is 32.2. The smallest absolute Gasteiger partial charge is 0.175 e. The van der Waals surface area contributed by atoms with Crippen molar-refractivity contribution >= 4 is 15.7 Å². The van der Waals surface area contributed by atoms with Gasteiger partial charge in [-0.3, -0.25) is 4.98 Å². The maximum atomic E-state index is 11.5. The Morgan fingerprint density at radius 3 is 2.67 bits per heavy atom. The first-order chi connectivity index (χ1) is 9.99. The third kappa shape index (κ3) is 4.42.